The van der Waals surface area contributed by atoms with E-state index in [0.717, 1.165) is 0 Å². The predicted octanol–water partition coefficient (Wildman–Crippen LogP) is 1.01. The number of nitrogens with one attached hydrogen (secondary N) is 1. The molecule has 0 bridgehead atoms. The van der Waals surface area contributed by atoms with Gasteiger partial charge in [0.15, 0.2) is 0 Å². The molecule has 0 heterocycles. The third kappa shape index (κ3) is 1.83. The van der Waals surface area contributed by atoms with E-state index in [4.69, 9.17) is 17.4 Å². The molecule has 0 amide bonds. The van der Waals surface area contributed by atoms with Gasteiger partial charge >= 0.3 is 0 Å². The van der Waals surface area contributed by atoms with Crippen LogP contribution in [-0.4, -0.2) is 5.11 Å². The number of benzene rings is 1. The van der Waals surface area contributed by atoms with Crippen LogP contribution in [0.1, 0.15) is 5.56 Å². The molecule has 4 N–H and O–H groups in total. The monoisotopic (exact) mass is 172 g/mol. The topological polar surface area (TPSA) is 58.3 Å². The Hall–Kier alpha value is -0.770. The second kappa shape index (κ2) is 3.57. The third-order valence-electron chi connectivity index (χ3n) is 1.36. The standard InChI is InChI=1S/C7H9ClN2O/c8-6-3-1-2-5(4-10-9)7(6)11/h1-3,10-11H,4,9H2. The van der Waals surface area contributed by atoms with Gasteiger partial charge in [-0.2, -0.15) is 0 Å². The van der Waals surface area contributed by atoms with Gasteiger partial charge in [0.2, 0.25) is 0 Å². The summed E-state index contributed by atoms with van der Waals surface area (Å²) in [6, 6.07) is 5.13. The summed E-state index contributed by atoms with van der Waals surface area (Å²) in [4.78, 5) is 0. The molecule has 0 spiro atoms. The first kappa shape index (κ1) is 8.33. The maximum Gasteiger partial charge on any atom is 0.138 e. The van der Waals surface area contributed by atoms with Gasteiger partial charge in [0.05, 0.1) is 5.02 Å². The summed E-state index contributed by atoms with van der Waals surface area (Å²) in [6.07, 6.45) is 0. The van der Waals surface area contributed by atoms with E-state index in [9.17, 15) is 5.11 Å². The Bertz CT molecular complexity index is 252. The molecule has 1 aromatic rings. The summed E-state index contributed by atoms with van der Waals surface area (Å²) in [5.74, 6) is 5.17. The van der Waals surface area contributed by atoms with E-state index in [0.29, 0.717) is 17.1 Å². The molecule has 0 aliphatic rings. The summed E-state index contributed by atoms with van der Waals surface area (Å²) in [6.45, 7) is 0.409. The van der Waals surface area contributed by atoms with Crippen LogP contribution < -0.4 is 11.3 Å². The minimum atomic E-state index is 0.0899. The Morgan fingerprint density at radius 1 is 1.55 bits per heavy atom. The zero-order valence-electron chi connectivity index (χ0n) is 5.84. The Kier molecular flexibility index (Phi) is 2.70. The number of phenolic OH excluding ortho intramolecular Hbond substituents is 1. The van der Waals surface area contributed by atoms with Crippen molar-refractivity contribution in [3.63, 3.8) is 0 Å². The highest BCUT2D eigenvalue weighted by atomic mass is 35.5. The van der Waals surface area contributed by atoms with Crippen LogP contribution in [-0.2, 0) is 6.54 Å². The number of phenols is 1. The van der Waals surface area contributed by atoms with Crippen LogP contribution in [0.5, 0.6) is 5.75 Å². The minimum absolute atomic E-state index is 0.0899. The smallest absolute Gasteiger partial charge is 0.138 e. The highest BCUT2D eigenvalue weighted by Crippen LogP contribution is 2.26. The zero-order chi connectivity index (χ0) is 8.27. The van der Waals surface area contributed by atoms with Gasteiger partial charge in [0.25, 0.3) is 0 Å². The van der Waals surface area contributed by atoms with Gasteiger partial charge in [-0.05, 0) is 6.07 Å². The molecule has 1 aromatic carbocycles. The van der Waals surface area contributed by atoms with E-state index >= 15 is 0 Å². The van der Waals surface area contributed by atoms with Crippen molar-refractivity contribution in [2.75, 3.05) is 0 Å². The van der Waals surface area contributed by atoms with Crippen LogP contribution in [0.4, 0.5) is 0 Å². The van der Waals surface area contributed by atoms with Gasteiger partial charge in [-0.25, -0.2) is 0 Å². The van der Waals surface area contributed by atoms with Crippen molar-refractivity contribution in [2.45, 2.75) is 6.54 Å². The fourth-order valence-electron chi connectivity index (χ4n) is 0.813. The van der Waals surface area contributed by atoms with Crippen molar-refractivity contribution in [1.29, 1.82) is 0 Å². The van der Waals surface area contributed by atoms with Gasteiger partial charge in [0, 0.05) is 12.1 Å². The maximum absolute atomic E-state index is 9.30. The zero-order valence-corrected chi connectivity index (χ0v) is 6.60. The largest absolute Gasteiger partial charge is 0.506 e. The molecule has 3 nitrogen and oxygen atoms in total. The van der Waals surface area contributed by atoms with Gasteiger partial charge in [-0.1, -0.05) is 23.7 Å². The summed E-state index contributed by atoms with van der Waals surface area (Å²) in [5, 5.41) is 9.65. The molecule has 0 fully saturated rings. The van der Waals surface area contributed by atoms with E-state index in [1.165, 1.54) is 0 Å². The van der Waals surface area contributed by atoms with Gasteiger partial charge < -0.3 is 5.11 Å². The number of nitrogens with two attached hydrogens (primary N) is 1. The second-order valence-electron chi connectivity index (χ2n) is 2.13. The quantitative estimate of drug-likeness (QED) is 0.461. The lowest BCUT2D eigenvalue weighted by Gasteiger charge is -2.03. The van der Waals surface area contributed by atoms with Crippen LogP contribution in [0.3, 0.4) is 0 Å². The second-order valence-corrected chi connectivity index (χ2v) is 2.54. The predicted molar refractivity (Wildman–Crippen MR) is 44.1 cm³/mol. The van der Waals surface area contributed by atoms with Crippen molar-refractivity contribution < 1.29 is 5.11 Å². The normalized spacial score (nSPS) is 10.0. The van der Waals surface area contributed by atoms with Crippen molar-refractivity contribution in [3.8, 4) is 5.75 Å². The van der Waals surface area contributed by atoms with Gasteiger partial charge in [0.1, 0.15) is 5.75 Å². The van der Waals surface area contributed by atoms with E-state index in [-0.39, 0.29) is 5.75 Å². The minimum Gasteiger partial charge on any atom is -0.506 e. The Balaban J connectivity index is 2.96. The fraction of sp³-hybridized carbons (Fsp3) is 0.143. The molecule has 4 heteroatoms. The molecule has 0 aromatic heterocycles. The van der Waals surface area contributed by atoms with Crippen LogP contribution in [0.2, 0.25) is 5.02 Å². The molecule has 0 radical (unpaired) electrons. The summed E-state index contributed by atoms with van der Waals surface area (Å²) >= 11 is 5.63. The number of hydrazine groups is 1. The van der Waals surface area contributed by atoms with Crippen LogP contribution >= 0.6 is 11.6 Å². The lowest BCUT2D eigenvalue weighted by molar-refractivity contribution is 0.465. The number of aromatic hydroxyl groups is 1. The van der Waals surface area contributed by atoms with Crippen molar-refractivity contribution in [2.24, 2.45) is 5.84 Å². The number of para-hydroxylation sites is 1. The average molecular weight is 173 g/mol. The molecular weight excluding hydrogens is 164 g/mol. The summed E-state index contributed by atoms with van der Waals surface area (Å²) in [7, 11) is 0. The van der Waals surface area contributed by atoms with Crippen molar-refractivity contribution in [1.82, 2.24) is 5.43 Å². The molecule has 0 saturated heterocycles. The molecule has 0 atom stereocenters. The average Bonchev–Trinajstić information content (AvgIpc) is 1.99. The Morgan fingerprint density at radius 2 is 2.27 bits per heavy atom. The van der Waals surface area contributed by atoms with Crippen molar-refractivity contribution in [3.05, 3.63) is 28.8 Å². The highest BCUT2D eigenvalue weighted by Gasteiger charge is 2.02. The molecule has 0 aliphatic carbocycles. The number of hydrogen-bond donors (Lipinski definition) is 3. The van der Waals surface area contributed by atoms with Crippen LogP contribution in [0.15, 0.2) is 18.2 Å². The Morgan fingerprint density at radius 3 is 2.91 bits per heavy atom. The molecule has 60 valence electrons. The van der Waals surface area contributed by atoms with Crippen LogP contribution in [0, 0.1) is 0 Å². The fourth-order valence-corrected chi connectivity index (χ4v) is 1.01. The summed E-state index contributed by atoms with van der Waals surface area (Å²) in [5.41, 5.74) is 3.13. The first-order valence-electron chi connectivity index (χ1n) is 3.15. The Labute approximate surface area is 69.8 Å². The van der Waals surface area contributed by atoms with E-state index in [1.807, 2.05) is 0 Å². The van der Waals surface area contributed by atoms with E-state index in [2.05, 4.69) is 5.43 Å². The van der Waals surface area contributed by atoms with E-state index in [1.54, 1.807) is 18.2 Å². The molecule has 0 saturated carbocycles. The lowest BCUT2D eigenvalue weighted by Crippen LogP contribution is -2.20. The molecule has 0 unspecified atom stereocenters. The SMILES string of the molecule is NNCc1cccc(Cl)c1O. The van der Waals surface area contributed by atoms with Gasteiger partial charge in [-0.3, -0.25) is 11.3 Å². The molecule has 11 heavy (non-hydrogen) atoms. The molecule has 1 rings (SSSR count). The van der Waals surface area contributed by atoms with Crippen LogP contribution in [0.25, 0.3) is 0 Å². The maximum atomic E-state index is 9.30. The molecular formula is C7H9ClN2O. The lowest BCUT2D eigenvalue weighted by atomic mass is 10.2. The molecule has 0 aliphatic heterocycles. The first-order valence-corrected chi connectivity index (χ1v) is 3.53. The summed E-state index contributed by atoms with van der Waals surface area (Å²) < 4.78 is 0. The third-order valence-corrected chi connectivity index (χ3v) is 1.67. The van der Waals surface area contributed by atoms with E-state index < -0.39 is 0 Å². The highest BCUT2D eigenvalue weighted by molar-refractivity contribution is 6.32. The first-order chi connectivity index (χ1) is 5.25. The van der Waals surface area contributed by atoms with Crippen molar-refractivity contribution >= 4 is 11.6 Å². The number of hydrogen-bond acceptors (Lipinski definition) is 3. The number of halogens is 1. The number of rotatable bonds is 2. The van der Waals surface area contributed by atoms with Gasteiger partial charge in [-0.15, -0.1) is 0 Å².